The second-order valence-electron chi connectivity index (χ2n) is 7.91. The van der Waals surface area contributed by atoms with Crippen LogP contribution >= 0.6 is 11.8 Å². The van der Waals surface area contributed by atoms with Crippen molar-refractivity contribution in [2.24, 2.45) is 0 Å². The number of halogens is 1. The van der Waals surface area contributed by atoms with Gasteiger partial charge in [0.25, 0.3) is 5.91 Å². The Morgan fingerprint density at radius 2 is 1.94 bits per heavy atom. The molecule has 1 amide bonds. The van der Waals surface area contributed by atoms with E-state index in [2.05, 4.69) is 5.32 Å². The van der Waals surface area contributed by atoms with E-state index in [0.717, 1.165) is 20.5 Å². The van der Waals surface area contributed by atoms with Gasteiger partial charge in [-0.05, 0) is 48.4 Å². The molecule has 0 aliphatic carbocycles. The number of carbonyl (C=O) groups excluding carboxylic acids is 1. The van der Waals surface area contributed by atoms with E-state index in [1.165, 1.54) is 38.4 Å². The molecule has 2 heterocycles. The Balaban J connectivity index is 1.70. The molecule has 4 rings (SSSR count). The molecule has 10 heteroatoms. The van der Waals surface area contributed by atoms with E-state index < -0.39 is 10.0 Å². The minimum atomic E-state index is -3.71. The Labute approximate surface area is 192 Å². The zero-order chi connectivity index (χ0) is 22.9. The number of anilines is 1. The lowest BCUT2D eigenvalue weighted by Crippen LogP contribution is -2.38. The Morgan fingerprint density at radius 3 is 2.66 bits per heavy atom. The van der Waals surface area contributed by atoms with E-state index in [9.17, 15) is 17.6 Å². The molecular weight excluding hydrogens is 453 g/mol. The Bertz CT molecular complexity index is 1120. The van der Waals surface area contributed by atoms with Crippen LogP contribution in [0.15, 0.2) is 46.2 Å². The standard InChI is InChI=1S/C22H26FN3O4S2/c1-25(2)32(28,29)16-4-5-20(26-8-10-30-11-9-26)18(14-16)22(27)24-19-7-12-31-21-6-3-15(23)13-17(19)21/h3-6,13-14,19H,7-12H2,1-2H3,(H,24,27). The SMILES string of the molecule is CN(C)S(=O)(=O)c1ccc(N2CCOCC2)c(C(=O)NC2CCSc3ccc(F)cc32)c1. The number of hydrogen-bond donors (Lipinski definition) is 1. The van der Waals surface area contributed by atoms with Gasteiger partial charge >= 0.3 is 0 Å². The summed E-state index contributed by atoms with van der Waals surface area (Å²) in [6, 6.07) is 8.90. The molecule has 1 unspecified atom stereocenters. The first kappa shape index (κ1) is 23.0. The normalized spacial score (nSPS) is 19.0. The molecule has 2 aliphatic rings. The summed E-state index contributed by atoms with van der Waals surface area (Å²) in [5.74, 6) is 0.0718. The number of nitrogens with zero attached hydrogens (tertiary/aromatic N) is 2. The quantitative estimate of drug-likeness (QED) is 0.711. The number of fused-ring (bicyclic) bond motifs is 1. The second kappa shape index (κ2) is 9.38. The van der Waals surface area contributed by atoms with Crippen LogP contribution in [0, 0.1) is 5.82 Å². The molecule has 0 bridgehead atoms. The van der Waals surface area contributed by atoms with Crippen molar-refractivity contribution in [3.63, 3.8) is 0 Å². The number of rotatable bonds is 5. The molecule has 2 aromatic rings. The van der Waals surface area contributed by atoms with Crippen molar-refractivity contribution in [2.45, 2.75) is 22.3 Å². The molecule has 1 saturated heterocycles. The fourth-order valence-corrected chi connectivity index (χ4v) is 5.93. The van der Waals surface area contributed by atoms with E-state index in [4.69, 9.17) is 4.74 Å². The van der Waals surface area contributed by atoms with Gasteiger partial charge in [-0.2, -0.15) is 0 Å². The maximum Gasteiger partial charge on any atom is 0.253 e. The van der Waals surface area contributed by atoms with Crippen molar-refractivity contribution in [1.82, 2.24) is 9.62 Å². The van der Waals surface area contributed by atoms with E-state index in [0.29, 0.717) is 38.4 Å². The summed E-state index contributed by atoms with van der Waals surface area (Å²) in [6.45, 7) is 2.28. The molecule has 1 N–H and O–H groups in total. The van der Waals surface area contributed by atoms with Gasteiger partial charge in [-0.1, -0.05) is 0 Å². The molecule has 7 nitrogen and oxygen atoms in total. The lowest BCUT2D eigenvalue weighted by Gasteiger charge is -2.31. The van der Waals surface area contributed by atoms with Gasteiger partial charge in [0.15, 0.2) is 0 Å². The van der Waals surface area contributed by atoms with Crippen LogP contribution in [0.1, 0.15) is 28.4 Å². The van der Waals surface area contributed by atoms with Gasteiger partial charge in [0, 0.05) is 43.5 Å². The minimum Gasteiger partial charge on any atom is -0.378 e. The maximum absolute atomic E-state index is 13.9. The Morgan fingerprint density at radius 1 is 1.19 bits per heavy atom. The molecule has 172 valence electrons. The van der Waals surface area contributed by atoms with E-state index in [-0.39, 0.29) is 28.2 Å². The largest absolute Gasteiger partial charge is 0.378 e. The first-order chi connectivity index (χ1) is 15.3. The summed E-state index contributed by atoms with van der Waals surface area (Å²) in [7, 11) is -0.802. The summed E-state index contributed by atoms with van der Waals surface area (Å²) in [6.07, 6.45) is 0.662. The molecule has 0 aromatic heterocycles. The number of hydrogen-bond acceptors (Lipinski definition) is 6. The minimum absolute atomic E-state index is 0.0512. The van der Waals surface area contributed by atoms with Gasteiger partial charge < -0.3 is 15.0 Å². The molecule has 2 aliphatic heterocycles. The highest BCUT2D eigenvalue weighted by atomic mass is 32.2. The van der Waals surface area contributed by atoms with Crippen molar-refractivity contribution in [3.05, 3.63) is 53.3 Å². The van der Waals surface area contributed by atoms with E-state index >= 15 is 0 Å². The molecule has 0 radical (unpaired) electrons. The Hall–Kier alpha value is -2.14. The van der Waals surface area contributed by atoms with Gasteiger partial charge in [-0.3, -0.25) is 4.79 Å². The van der Waals surface area contributed by atoms with Crippen LogP contribution < -0.4 is 10.2 Å². The second-order valence-corrected chi connectivity index (χ2v) is 11.2. The number of carbonyl (C=O) groups is 1. The zero-order valence-electron chi connectivity index (χ0n) is 18.0. The molecule has 1 fully saturated rings. The molecule has 32 heavy (non-hydrogen) atoms. The molecule has 0 spiro atoms. The lowest BCUT2D eigenvalue weighted by atomic mass is 10.0. The van der Waals surface area contributed by atoms with Gasteiger partial charge in [0.05, 0.1) is 29.7 Å². The highest BCUT2D eigenvalue weighted by Crippen LogP contribution is 2.37. The molecule has 2 aromatic carbocycles. The number of ether oxygens (including phenoxy) is 1. The molecule has 0 saturated carbocycles. The van der Waals surface area contributed by atoms with Crippen LogP contribution in [0.2, 0.25) is 0 Å². The first-order valence-corrected chi connectivity index (χ1v) is 12.8. The van der Waals surface area contributed by atoms with E-state index in [1.807, 2.05) is 4.90 Å². The third-order valence-electron chi connectivity index (χ3n) is 5.66. The predicted molar refractivity (Wildman–Crippen MR) is 122 cm³/mol. The van der Waals surface area contributed by atoms with Crippen molar-refractivity contribution < 1.29 is 22.3 Å². The molecular formula is C22H26FN3O4S2. The highest BCUT2D eigenvalue weighted by Gasteiger charge is 2.28. The number of amides is 1. The van der Waals surface area contributed by atoms with Crippen LogP contribution in [0.3, 0.4) is 0 Å². The number of benzene rings is 2. The average Bonchev–Trinajstić information content (AvgIpc) is 2.79. The van der Waals surface area contributed by atoms with Gasteiger partial charge in [0.2, 0.25) is 10.0 Å². The van der Waals surface area contributed by atoms with Gasteiger partial charge in [-0.25, -0.2) is 17.1 Å². The summed E-state index contributed by atoms with van der Waals surface area (Å²) >= 11 is 1.63. The first-order valence-electron chi connectivity index (χ1n) is 10.4. The predicted octanol–water partition coefficient (Wildman–Crippen LogP) is 2.88. The number of thioether (sulfide) groups is 1. The zero-order valence-corrected chi connectivity index (χ0v) is 19.6. The summed E-state index contributed by atoms with van der Waals surface area (Å²) in [5.41, 5.74) is 1.69. The van der Waals surface area contributed by atoms with Crippen LogP contribution in [0.4, 0.5) is 10.1 Å². The summed E-state index contributed by atoms with van der Waals surface area (Å²) in [4.78, 5) is 16.5. The third kappa shape index (κ3) is 4.63. The van der Waals surface area contributed by atoms with E-state index in [1.54, 1.807) is 23.9 Å². The number of sulfonamides is 1. The van der Waals surface area contributed by atoms with Crippen LogP contribution in [-0.2, 0) is 14.8 Å². The Kier molecular flexibility index (Phi) is 6.75. The van der Waals surface area contributed by atoms with Crippen molar-refractivity contribution in [2.75, 3.05) is 51.1 Å². The van der Waals surface area contributed by atoms with Crippen molar-refractivity contribution in [3.8, 4) is 0 Å². The number of morpholine rings is 1. The van der Waals surface area contributed by atoms with Crippen LogP contribution in [-0.4, -0.2) is 64.8 Å². The topological polar surface area (TPSA) is 79.0 Å². The fourth-order valence-electron chi connectivity index (χ4n) is 3.90. The smallest absolute Gasteiger partial charge is 0.253 e. The summed E-state index contributed by atoms with van der Waals surface area (Å²) in [5, 5.41) is 3.02. The highest BCUT2D eigenvalue weighted by molar-refractivity contribution is 7.99. The van der Waals surface area contributed by atoms with Crippen molar-refractivity contribution in [1.29, 1.82) is 0 Å². The monoisotopic (exact) mass is 479 g/mol. The third-order valence-corrected chi connectivity index (χ3v) is 8.59. The van der Waals surface area contributed by atoms with Gasteiger partial charge in [-0.15, -0.1) is 11.8 Å². The van der Waals surface area contributed by atoms with Crippen molar-refractivity contribution >= 4 is 33.4 Å². The fraction of sp³-hybridized carbons (Fsp3) is 0.409. The maximum atomic E-state index is 13.9. The lowest BCUT2D eigenvalue weighted by molar-refractivity contribution is 0.0933. The van der Waals surface area contributed by atoms with Gasteiger partial charge in [0.1, 0.15) is 5.82 Å². The summed E-state index contributed by atoms with van der Waals surface area (Å²) < 4.78 is 45.8. The van der Waals surface area contributed by atoms with Crippen LogP contribution in [0.25, 0.3) is 0 Å². The number of nitrogens with one attached hydrogen (secondary N) is 1. The average molecular weight is 480 g/mol. The molecule has 1 atom stereocenters. The van der Waals surface area contributed by atoms with Crippen LogP contribution in [0.5, 0.6) is 0 Å².